The molecule has 1 aromatic carbocycles. The van der Waals surface area contributed by atoms with Crippen LogP contribution in [0.2, 0.25) is 0 Å². The molecule has 23 heavy (non-hydrogen) atoms. The summed E-state index contributed by atoms with van der Waals surface area (Å²) in [6, 6.07) is 11.9. The Morgan fingerprint density at radius 3 is 2.30 bits per heavy atom. The fourth-order valence-electron chi connectivity index (χ4n) is 1.90. The fraction of sp³-hybridized carbons (Fsp3) is 0.176. The molecule has 2 rings (SSSR count). The number of aromatic hydroxyl groups is 2. The molecular formula is C17H17NO5. The van der Waals surface area contributed by atoms with Crippen molar-refractivity contribution in [2.45, 2.75) is 19.8 Å². The van der Waals surface area contributed by atoms with Gasteiger partial charge in [0.05, 0.1) is 0 Å². The van der Waals surface area contributed by atoms with Crippen LogP contribution in [0.5, 0.6) is 11.8 Å². The number of Topliss-reactive ketones (excluding diaryl/α,β-unsaturated/α-hetero) is 1. The van der Waals surface area contributed by atoms with E-state index in [4.69, 9.17) is 4.84 Å². The number of hydrogen-bond donors (Lipinski definition) is 2. The first kappa shape index (κ1) is 16.4. The van der Waals surface area contributed by atoms with E-state index in [1.807, 2.05) is 30.3 Å². The van der Waals surface area contributed by atoms with E-state index >= 15 is 0 Å². The summed E-state index contributed by atoms with van der Waals surface area (Å²) in [5.41, 5.74) is 1.51. The number of nitrogens with zero attached hydrogens (tertiary/aromatic N) is 1. The SMILES string of the molecule is CC(=CCc1ccccc1)C(=O)CC(=O)On1c(O)ccc1O. The van der Waals surface area contributed by atoms with Gasteiger partial charge in [0.2, 0.25) is 11.8 Å². The molecule has 0 saturated heterocycles. The molecule has 0 bridgehead atoms. The van der Waals surface area contributed by atoms with Gasteiger partial charge in [0.25, 0.3) is 0 Å². The van der Waals surface area contributed by atoms with Gasteiger partial charge in [-0.25, -0.2) is 4.79 Å². The first-order valence-electron chi connectivity index (χ1n) is 7.02. The molecule has 120 valence electrons. The van der Waals surface area contributed by atoms with Crippen molar-refractivity contribution in [2.75, 3.05) is 0 Å². The highest BCUT2D eigenvalue weighted by Crippen LogP contribution is 2.19. The molecular weight excluding hydrogens is 298 g/mol. The molecule has 0 radical (unpaired) electrons. The summed E-state index contributed by atoms with van der Waals surface area (Å²) < 4.78 is 0.554. The van der Waals surface area contributed by atoms with E-state index in [0.717, 1.165) is 17.7 Å². The molecule has 0 fully saturated rings. The second-order valence-corrected chi connectivity index (χ2v) is 4.98. The summed E-state index contributed by atoms with van der Waals surface area (Å²) in [5, 5.41) is 18.7. The highest BCUT2D eigenvalue weighted by Gasteiger charge is 2.16. The van der Waals surface area contributed by atoms with Crippen LogP contribution in [0.3, 0.4) is 0 Å². The number of carbonyl (C=O) groups is 2. The smallest absolute Gasteiger partial charge is 0.340 e. The quantitative estimate of drug-likeness (QED) is 0.629. The Labute approximate surface area is 133 Å². The van der Waals surface area contributed by atoms with Gasteiger partial charge in [0, 0.05) is 12.1 Å². The average molecular weight is 315 g/mol. The first-order valence-corrected chi connectivity index (χ1v) is 7.02. The van der Waals surface area contributed by atoms with Crippen molar-refractivity contribution in [3.63, 3.8) is 0 Å². The van der Waals surface area contributed by atoms with Gasteiger partial charge < -0.3 is 15.1 Å². The Balaban J connectivity index is 1.91. The van der Waals surface area contributed by atoms with Crippen LogP contribution in [0, 0.1) is 0 Å². The molecule has 0 aliphatic heterocycles. The Morgan fingerprint density at radius 2 is 1.70 bits per heavy atom. The molecule has 2 N–H and O–H groups in total. The fourth-order valence-corrected chi connectivity index (χ4v) is 1.90. The van der Waals surface area contributed by atoms with E-state index in [1.54, 1.807) is 13.0 Å². The number of benzene rings is 1. The third kappa shape index (κ3) is 4.47. The van der Waals surface area contributed by atoms with Crippen LogP contribution >= 0.6 is 0 Å². The minimum atomic E-state index is -0.871. The highest BCUT2D eigenvalue weighted by atomic mass is 16.7. The molecule has 6 nitrogen and oxygen atoms in total. The maximum absolute atomic E-state index is 12.0. The number of rotatable bonds is 6. The number of hydrogen-bond acceptors (Lipinski definition) is 5. The van der Waals surface area contributed by atoms with E-state index < -0.39 is 24.2 Å². The number of allylic oxidation sites excluding steroid dienone is 2. The van der Waals surface area contributed by atoms with E-state index in [9.17, 15) is 19.8 Å². The van der Waals surface area contributed by atoms with E-state index in [2.05, 4.69) is 0 Å². The molecule has 0 saturated carbocycles. The van der Waals surface area contributed by atoms with Gasteiger partial charge in [-0.05, 0) is 24.5 Å². The van der Waals surface area contributed by atoms with Gasteiger partial charge >= 0.3 is 5.97 Å². The number of ketones is 1. The summed E-state index contributed by atoms with van der Waals surface area (Å²) in [5.74, 6) is -2.11. The summed E-state index contributed by atoms with van der Waals surface area (Å²) in [6.45, 7) is 1.63. The minimum Gasteiger partial charge on any atom is -0.492 e. The molecule has 0 unspecified atom stereocenters. The van der Waals surface area contributed by atoms with E-state index in [1.165, 1.54) is 0 Å². The van der Waals surface area contributed by atoms with Crippen LogP contribution < -0.4 is 4.84 Å². The first-order chi connectivity index (χ1) is 11.0. The molecule has 0 spiro atoms. The highest BCUT2D eigenvalue weighted by molar-refractivity contribution is 6.05. The van der Waals surface area contributed by atoms with Gasteiger partial charge in [-0.15, -0.1) is 4.73 Å². The number of aromatic nitrogens is 1. The van der Waals surface area contributed by atoms with Crippen molar-refractivity contribution in [1.82, 2.24) is 4.73 Å². The van der Waals surface area contributed by atoms with Gasteiger partial charge in [0.15, 0.2) is 5.78 Å². The van der Waals surface area contributed by atoms with Crippen LogP contribution in [-0.4, -0.2) is 26.7 Å². The van der Waals surface area contributed by atoms with E-state index in [-0.39, 0.29) is 5.78 Å². The van der Waals surface area contributed by atoms with Crippen molar-refractivity contribution < 1.29 is 24.6 Å². The summed E-state index contributed by atoms with van der Waals surface area (Å²) in [4.78, 5) is 28.4. The van der Waals surface area contributed by atoms with E-state index in [0.29, 0.717) is 16.7 Å². The maximum Gasteiger partial charge on any atom is 0.340 e. The number of carbonyl (C=O) groups excluding carboxylic acids is 2. The second kappa shape index (κ2) is 7.31. The van der Waals surface area contributed by atoms with Gasteiger partial charge in [-0.2, -0.15) is 0 Å². The van der Waals surface area contributed by atoms with Crippen LogP contribution in [0.15, 0.2) is 54.1 Å². The lowest BCUT2D eigenvalue weighted by atomic mass is 10.1. The van der Waals surface area contributed by atoms with Crippen molar-refractivity contribution in [1.29, 1.82) is 0 Å². The summed E-state index contributed by atoms with van der Waals surface area (Å²) in [6.07, 6.45) is 1.86. The lowest BCUT2D eigenvalue weighted by Crippen LogP contribution is -2.22. The molecule has 0 aliphatic rings. The normalized spacial score (nSPS) is 11.3. The monoisotopic (exact) mass is 315 g/mol. The molecule has 0 atom stereocenters. The van der Waals surface area contributed by atoms with Crippen LogP contribution in [0.25, 0.3) is 0 Å². The Hall–Kier alpha value is -3.02. The van der Waals surface area contributed by atoms with Gasteiger partial charge in [0.1, 0.15) is 6.42 Å². The third-order valence-electron chi connectivity index (χ3n) is 3.22. The lowest BCUT2D eigenvalue weighted by Gasteiger charge is -2.06. The minimum absolute atomic E-state index is 0.378. The van der Waals surface area contributed by atoms with Gasteiger partial charge in [-0.1, -0.05) is 36.4 Å². The zero-order valence-electron chi connectivity index (χ0n) is 12.6. The molecule has 0 aliphatic carbocycles. The standard InChI is InChI=1S/C17H17NO5/c1-12(7-8-13-5-3-2-4-6-13)14(19)11-17(22)23-18-15(20)9-10-16(18)21/h2-7,9-10,20-21H,8,11H2,1H3. The van der Waals surface area contributed by atoms with Crippen LogP contribution in [0.4, 0.5) is 0 Å². The second-order valence-electron chi connectivity index (χ2n) is 4.98. The third-order valence-corrected chi connectivity index (χ3v) is 3.22. The van der Waals surface area contributed by atoms with Gasteiger partial charge in [-0.3, -0.25) is 4.79 Å². The lowest BCUT2D eigenvalue weighted by molar-refractivity contribution is -0.147. The summed E-state index contributed by atoms with van der Waals surface area (Å²) in [7, 11) is 0. The van der Waals surface area contributed by atoms with Crippen molar-refractivity contribution in [2.24, 2.45) is 0 Å². The summed E-state index contributed by atoms with van der Waals surface area (Å²) >= 11 is 0. The topological polar surface area (TPSA) is 88.8 Å². The Kier molecular flexibility index (Phi) is 5.19. The zero-order valence-corrected chi connectivity index (χ0v) is 12.6. The van der Waals surface area contributed by atoms with Crippen LogP contribution in [0.1, 0.15) is 18.9 Å². The maximum atomic E-state index is 12.0. The average Bonchev–Trinajstić information content (AvgIpc) is 2.85. The molecule has 1 aromatic heterocycles. The Bertz CT molecular complexity index is 711. The van der Waals surface area contributed by atoms with Crippen LogP contribution in [-0.2, 0) is 16.0 Å². The largest absolute Gasteiger partial charge is 0.492 e. The predicted molar refractivity (Wildman–Crippen MR) is 82.9 cm³/mol. The molecule has 2 aromatic rings. The zero-order chi connectivity index (χ0) is 16.8. The van der Waals surface area contributed by atoms with Crippen molar-refractivity contribution in [3.05, 3.63) is 59.7 Å². The van der Waals surface area contributed by atoms with Crippen molar-refractivity contribution in [3.8, 4) is 11.8 Å². The molecule has 1 heterocycles. The predicted octanol–water partition coefficient (Wildman–Crippen LogP) is 2.00. The Morgan fingerprint density at radius 1 is 1.09 bits per heavy atom. The van der Waals surface area contributed by atoms with Crippen molar-refractivity contribution >= 4 is 11.8 Å². The molecule has 6 heteroatoms. The molecule has 0 amide bonds.